The maximum absolute atomic E-state index is 10.7. The molecule has 0 aliphatic heterocycles. The SMILES string of the molecule is CCCCOCCOCC(O)CNC(C)CC(N)=O. The standard InChI is InChI=1S/C13H28N2O4/c1-3-4-5-18-6-7-19-10-12(16)9-15-11(2)8-13(14)17/h11-12,15-16H,3-10H2,1-2H3,(H2,14,17). The largest absolute Gasteiger partial charge is 0.389 e. The lowest BCUT2D eigenvalue weighted by Crippen LogP contribution is -2.38. The maximum atomic E-state index is 10.7. The van der Waals surface area contributed by atoms with Gasteiger partial charge in [0.25, 0.3) is 0 Å². The summed E-state index contributed by atoms with van der Waals surface area (Å²) in [5, 5.41) is 12.6. The summed E-state index contributed by atoms with van der Waals surface area (Å²) in [6.07, 6.45) is 1.85. The molecule has 0 heterocycles. The molecule has 0 spiro atoms. The Bertz CT molecular complexity index is 227. The van der Waals surface area contributed by atoms with Crippen LogP contribution in [0.4, 0.5) is 0 Å². The minimum atomic E-state index is -0.592. The second kappa shape index (κ2) is 12.3. The zero-order chi connectivity index (χ0) is 14.5. The highest BCUT2D eigenvalue weighted by atomic mass is 16.5. The van der Waals surface area contributed by atoms with Gasteiger partial charge in [-0.1, -0.05) is 13.3 Å². The van der Waals surface area contributed by atoms with E-state index in [9.17, 15) is 9.90 Å². The summed E-state index contributed by atoms with van der Waals surface area (Å²) in [4.78, 5) is 10.7. The van der Waals surface area contributed by atoms with E-state index in [4.69, 9.17) is 15.2 Å². The fourth-order valence-corrected chi connectivity index (χ4v) is 1.46. The normalized spacial score (nSPS) is 14.3. The molecular formula is C13H28N2O4. The lowest BCUT2D eigenvalue weighted by Gasteiger charge is -2.16. The molecule has 0 radical (unpaired) electrons. The number of ether oxygens (including phenoxy) is 2. The van der Waals surface area contributed by atoms with Crippen LogP contribution < -0.4 is 11.1 Å². The number of nitrogens with two attached hydrogens (primary N) is 1. The summed E-state index contributed by atoms with van der Waals surface area (Å²) in [5.41, 5.74) is 5.07. The molecule has 0 bridgehead atoms. The number of hydrogen-bond acceptors (Lipinski definition) is 5. The molecule has 2 atom stereocenters. The lowest BCUT2D eigenvalue weighted by atomic mass is 10.2. The molecule has 4 N–H and O–H groups in total. The first kappa shape index (κ1) is 18.3. The number of aliphatic hydroxyl groups excluding tert-OH is 1. The van der Waals surface area contributed by atoms with Gasteiger partial charge in [0.1, 0.15) is 0 Å². The average molecular weight is 276 g/mol. The molecule has 2 unspecified atom stereocenters. The van der Waals surface area contributed by atoms with Gasteiger partial charge in [-0.2, -0.15) is 0 Å². The van der Waals surface area contributed by atoms with Gasteiger partial charge in [-0.3, -0.25) is 4.79 Å². The van der Waals surface area contributed by atoms with Crippen molar-refractivity contribution in [3.05, 3.63) is 0 Å². The van der Waals surface area contributed by atoms with Crippen LogP contribution in [0.5, 0.6) is 0 Å². The highest BCUT2D eigenvalue weighted by Gasteiger charge is 2.09. The van der Waals surface area contributed by atoms with Gasteiger partial charge in [-0.25, -0.2) is 0 Å². The highest BCUT2D eigenvalue weighted by Crippen LogP contribution is 1.92. The van der Waals surface area contributed by atoms with E-state index in [1.807, 2.05) is 6.92 Å². The quantitative estimate of drug-likeness (QED) is 0.413. The molecule has 0 saturated carbocycles. The van der Waals surface area contributed by atoms with Crippen LogP contribution in [-0.2, 0) is 14.3 Å². The molecule has 0 aliphatic carbocycles. The molecule has 0 aromatic rings. The molecule has 0 fully saturated rings. The van der Waals surface area contributed by atoms with Crippen LogP contribution >= 0.6 is 0 Å². The zero-order valence-corrected chi connectivity index (χ0v) is 12.1. The van der Waals surface area contributed by atoms with Crippen molar-refractivity contribution in [1.29, 1.82) is 0 Å². The fourth-order valence-electron chi connectivity index (χ4n) is 1.46. The van der Waals surface area contributed by atoms with Gasteiger partial charge in [0.2, 0.25) is 5.91 Å². The Balaban J connectivity index is 3.34. The number of carbonyl (C=O) groups excluding carboxylic acids is 1. The minimum absolute atomic E-state index is 0.0375. The van der Waals surface area contributed by atoms with Gasteiger partial charge in [0, 0.05) is 25.6 Å². The van der Waals surface area contributed by atoms with E-state index < -0.39 is 6.10 Å². The maximum Gasteiger partial charge on any atom is 0.218 e. The Morgan fingerprint density at radius 3 is 2.63 bits per heavy atom. The van der Waals surface area contributed by atoms with Crippen molar-refractivity contribution in [2.75, 3.05) is 33.0 Å². The van der Waals surface area contributed by atoms with Crippen molar-refractivity contribution < 1.29 is 19.4 Å². The van der Waals surface area contributed by atoms with E-state index in [2.05, 4.69) is 12.2 Å². The van der Waals surface area contributed by atoms with E-state index >= 15 is 0 Å². The van der Waals surface area contributed by atoms with Crippen molar-refractivity contribution in [3.8, 4) is 0 Å². The number of carbonyl (C=O) groups is 1. The van der Waals surface area contributed by atoms with Gasteiger partial charge < -0.3 is 25.6 Å². The molecule has 0 rings (SSSR count). The Morgan fingerprint density at radius 1 is 1.32 bits per heavy atom. The number of unbranched alkanes of at least 4 members (excludes halogenated alkanes) is 1. The summed E-state index contributed by atoms with van der Waals surface area (Å²) in [7, 11) is 0. The van der Waals surface area contributed by atoms with Crippen molar-refractivity contribution in [1.82, 2.24) is 5.32 Å². The molecule has 0 aromatic heterocycles. The summed E-state index contributed by atoms with van der Waals surface area (Å²) in [6.45, 7) is 6.39. The van der Waals surface area contributed by atoms with Crippen LogP contribution in [0.25, 0.3) is 0 Å². The third-order valence-corrected chi connectivity index (χ3v) is 2.53. The van der Waals surface area contributed by atoms with Gasteiger partial charge in [-0.05, 0) is 13.3 Å². The first-order valence-electron chi connectivity index (χ1n) is 6.91. The predicted octanol–water partition coefficient (Wildman–Crippen LogP) is 0.0341. The molecule has 0 aliphatic rings. The number of primary amides is 1. The number of hydrogen-bond donors (Lipinski definition) is 3. The zero-order valence-electron chi connectivity index (χ0n) is 12.1. The Morgan fingerprint density at radius 2 is 2.00 bits per heavy atom. The van der Waals surface area contributed by atoms with Gasteiger partial charge in [0.05, 0.1) is 25.9 Å². The van der Waals surface area contributed by atoms with Gasteiger partial charge >= 0.3 is 0 Å². The molecule has 0 saturated heterocycles. The third kappa shape index (κ3) is 13.5. The van der Waals surface area contributed by atoms with Crippen molar-refractivity contribution in [2.45, 2.75) is 45.3 Å². The van der Waals surface area contributed by atoms with Gasteiger partial charge in [0.15, 0.2) is 0 Å². The highest BCUT2D eigenvalue weighted by molar-refractivity contribution is 5.74. The molecule has 6 nitrogen and oxygen atoms in total. The molecule has 0 aromatic carbocycles. The smallest absolute Gasteiger partial charge is 0.218 e. The van der Waals surface area contributed by atoms with Gasteiger partial charge in [-0.15, -0.1) is 0 Å². The number of amides is 1. The van der Waals surface area contributed by atoms with Crippen LogP contribution in [0.3, 0.4) is 0 Å². The predicted molar refractivity (Wildman–Crippen MR) is 73.8 cm³/mol. The van der Waals surface area contributed by atoms with E-state index in [1.54, 1.807) is 0 Å². The van der Waals surface area contributed by atoms with E-state index in [1.165, 1.54) is 0 Å². The lowest BCUT2D eigenvalue weighted by molar-refractivity contribution is -0.118. The summed E-state index contributed by atoms with van der Waals surface area (Å²) in [6, 6.07) is -0.0375. The van der Waals surface area contributed by atoms with E-state index in [-0.39, 0.29) is 25.0 Å². The Kier molecular flexibility index (Phi) is 11.9. The molecule has 6 heteroatoms. The van der Waals surface area contributed by atoms with Crippen LogP contribution in [0.1, 0.15) is 33.1 Å². The third-order valence-electron chi connectivity index (χ3n) is 2.53. The van der Waals surface area contributed by atoms with Crippen LogP contribution in [0.15, 0.2) is 0 Å². The Hall–Kier alpha value is -0.690. The van der Waals surface area contributed by atoms with Crippen molar-refractivity contribution in [2.24, 2.45) is 5.73 Å². The number of nitrogens with one attached hydrogen (secondary N) is 1. The summed E-state index contributed by atoms with van der Waals surface area (Å²) < 4.78 is 10.6. The minimum Gasteiger partial charge on any atom is -0.389 e. The first-order chi connectivity index (χ1) is 9.06. The monoisotopic (exact) mass is 276 g/mol. The molecule has 1 amide bonds. The summed E-state index contributed by atoms with van der Waals surface area (Å²) >= 11 is 0. The van der Waals surface area contributed by atoms with E-state index in [0.717, 1.165) is 19.4 Å². The summed E-state index contributed by atoms with van der Waals surface area (Å²) in [5.74, 6) is -0.352. The Labute approximate surface area is 115 Å². The first-order valence-corrected chi connectivity index (χ1v) is 6.91. The average Bonchev–Trinajstić information content (AvgIpc) is 2.34. The number of rotatable bonds is 13. The molecule has 19 heavy (non-hydrogen) atoms. The molecular weight excluding hydrogens is 248 g/mol. The second-order valence-electron chi connectivity index (χ2n) is 4.67. The second-order valence-corrected chi connectivity index (χ2v) is 4.67. The van der Waals surface area contributed by atoms with Crippen LogP contribution in [-0.4, -0.2) is 56.1 Å². The van der Waals surface area contributed by atoms with Crippen molar-refractivity contribution >= 4 is 5.91 Å². The molecule has 114 valence electrons. The van der Waals surface area contributed by atoms with Crippen LogP contribution in [0.2, 0.25) is 0 Å². The van der Waals surface area contributed by atoms with Crippen LogP contribution in [0, 0.1) is 0 Å². The van der Waals surface area contributed by atoms with Crippen molar-refractivity contribution in [3.63, 3.8) is 0 Å². The number of aliphatic hydroxyl groups is 1. The van der Waals surface area contributed by atoms with E-state index in [0.29, 0.717) is 19.8 Å². The topological polar surface area (TPSA) is 93.8 Å². The fraction of sp³-hybridized carbons (Fsp3) is 0.923.